The van der Waals surface area contributed by atoms with Crippen LogP contribution in [0.5, 0.6) is 5.75 Å². The van der Waals surface area contributed by atoms with Crippen molar-refractivity contribution in [3.05, 3.63) is 75.4 Å². The van der Waals surface area contributed by atoms with Crippen molar-refractivity contribution in [3.8, 4) is 11.8 Å². The van der Waals surface area contributed by atoms with Crippen LogP contribution in [0, 0.1) is 28.5 Å². The summed E-state index contributed by atoms with van der Waals surface area (Å²) in [5.74, 6) is 0.795. The molecule has 1 saturated heterocycles. The van der Waals surface area contributed by atoms with Crippen LogP contribution in [0.15, 0.2) is 42.9 Å². The maximum absolute atomic E-state index is 15.2. The minimum absolute atomic E-state index is 0.0112. The number of nitriles is 1. The number of benzene rings is 1. The topological polar surface area (TPSA) is 124 Å². The van der Waals surface area contributed by atoms with Gasteiger partial charge in [0.1, 0.15) is 11.9 Å². The zero-order valence-corrected chi connectivity index (χ0v) is 22.9. The van der Waals surface area contributed by atoms with E-state index in [0.29, 0.717) is 58.0 Å². The molecule has 4 N–H and O–H groups in total. The van der Waals surface area contributed by atoms with Crippen LogP contribution < -0.4 is 20.7 Å². The molecule has 1 saturated carbocycles. The molecule has 202 valence electrons. The number of hydrogen-bond acceptors (Lipinski definition) is 8. The quantitative estimate of drug-likeness (QED) is 0.217. The van der Waals surface area contributed by atoms with Crippen LogP contribution in [-0.4, -0.2) is 40.9 Å². The van der Waals surface area contributed by atoms with Crippen molar-refractivity contribution < 1.29 is 9.13 Å². The second kappa shape index (κ2) is 11.0. The molecule has 11 heteroatoms. The smallest absolute Gasteiger partial charge is 0.166 e. The summed E-state index contributed by atoms with van der Waals surface area (Å²) in [6, 6.07) is 8.48. The maximum Gasteiger partial charge on any atom is 0.166 e. The lowest BCUT2D eigenvalue weighted by Gasteiger charge is -2.50. The average molecular weight is 568 g/mol. The largest absolute Gasteiger partial charge is 0.486 e. The number of hydrogen-bond donors (Lipinski definition) is 3. The summed E-state index contributed by atoms with van der Waals surface area (Å²) in [6.07, 6.45) is 6.74. The molecular formula is C28H28Cl2FN7O. The standard InChI is InChI=1S/C28H28Cl2FN7O/c1-16(25-21(29)12-35-13-22(25)30)39-19-4-5-24(33)20(9-19)26(34)18-8-23(31)27(36-11-18)38-14-28(15-38,6-7-32)37-10-17-2-3-17/h4-5,8-9,11-13,16-17,34,37H,2-3,6,10,14-15,33H2,1H3/t16-/m1/s1. The number of nitrogens with one attached hydrogen (secondary N) is 2. The van der Waals surface area contributed by atoms with E-state index in [1.165, 1.54) is 37.5 Å². The number of nitrogen functional groups attached to an aromatic ring is 1. The molecule has 1 atom stereocenters. The summed E-state index contributed by atoms with van der Waals surface area (Å²) in [4.78, 5) is 10.1. The molecule has 1 aliphatic heterocycles. The van der Waals surface area contributed by atoms with Gasteiger partial charge in [-0.05, 0) is 56.5 Å². The summed E-state index contributed by atoms with van der Waals surface area (Å²) in [5, 5.41) is 22.3. The van der Waals surface area contributed by atoms with Crippen molar-refractivity contribution in [1.29, 1.82) is 10.7 Å². The van der Waals surface area contributed by atoms with Crippen LogP contribution in [0.3, 0.4) is 0 Å². The molecule has 2 aliphatic rings. The first-order valence-electron chi connectivity index (χ1n) is 12.7. The number of aromatic nitrogens is 2. The van der Waals surface area contributed by atoms with Gasteiger partial charge in [-0.25, -0.2) is 9.37 Å². The maximum atomic E-state index is 15.2. The van der Waals surface area contributed by atoms with E-state index in [1.807, 2.05) is 4.90 Å². The molecule has 0 radical (unpaired) electrons. The summed E-state index contributed by atoms with van der Waals surface area (Å²) >= 11 is 12.5. The molecular weight excluding hydrogens is 540 g/mol. The highest BCUT2D eigenvalue weighted by Gasteiger charge is 2.44. The van der Waals surface area contributed by atoms with Crippen LogP contribution in [0.4, 0.5) is 15.9 Å². The number of halogens is 3. The number of pyridine rings is 2. The first-order chi connectivity index (χ1) is 18.7. The van der Waals surface area contributed by atoms with Crippen LogP contribution in [0.1, 0.15) is 49.0 Å². The molecule has 3 heterocycles. The predicted octanol–water partition coefficient (Wildman–Crippen LogP) is 5.53. The lowest BCUT2D eigenvalue weighted by molar-refractivity contribution is 0.227. The fourth-order valence-electron chi connectivity index (χ4n) is 4.81. The van der Waals surface area contributed by atoms with Gasteiger partial charge in [0.05, 0.1) is 33.8 Å². The fraction of sp³-hybridized carbons (Fsp3) is 0.357. The van der Waals surface area contributed by atoms with E-state index in [-0.39, 0.29) is 22.6 Å². The lowest BCUT2D eigenvalue weighted by Crippen LogP contribution is -2.69. The van der Waals surface area contributed by atoms with E-state index >= 15 is 4.39 Å². The van der Waals surface area contributed by atoms with Crippen LogP contribution in [0.25, 0.3) is 0 Å². The van der Waals surface area contributed by atoms with Gasteiger partial charge < -0.3 is 20.7 Å². The van der Waals surface area contributed by atoms with Gasteiger partial charge in [0, 0.05) is 54.1 Å². The summed E-state index contributed by atoms with van der Waals surface area (Å²) in [6.45, 7) is 3.69. The predicted molar refractivity (Wildman–Crippen MR) is 150 cm³/mol. The van der Waals surface area contributed by atoms with Gasteiger partial charge in [0.2, 0.25) is 0 Å². The SMILES string of the molecule is C[C@@H](Oc1ccc(N)c(C(=N)c2cnc(N3CC(CC#N)(NCC4CC4)C3)c(F)c2)c1)c1c(Cl)cncc1Cl. The molecule has 0 spiro atoms. The van der Waals surface area contributed by atoms with Gasteiger partial charge in [-0.15, -0.1) is 0 Å². The second-order valence-electron chi connectivity index (χ2n) is 10.2. The van der Waals surface area contributed by atoms with E-state index in [9.17, 15) is 5.26 Å². The first-order valence-corrected chi connectivity index (χ1v) is 13.4. The molecule has 5 rings (SSSR count). The molecule has 0 bridgehead atoms. The van der Waals surface area contributed by atoms with E-state index in [1.54, 1.807) is 25.1 Å². The Morgan fingerprint density at radius 1 is 1.28 bits per heavy atom. The number of nitrogens with zero attached hydrogens (tertiary/aromatic N) is 4. The Balaban J connectivity index is 1.30. The monoisotopic (exact) mass is 567 g/mol. The lowest BCUT2D eigenvalue weighted by atomic mass is 9.86. The Bertz CT molecular complexity index is 1430. The highest BCUT2D eigenvalue weighted by molar-refractivity contribution is 6.35. The minimum Gasteiger partial charge on any atom is -0.486 e. The normalized spacial score (nSPS) is 16.7. The van der Waals surface area contributed by atoms with Gasteiger partial charge in [-0.2, -0.15) is 5.26 Å². The average Bonchev–Trinajstić information content (AvgIpc) is 3.71. The number of ether oxygens (including phenoxy) is 1. The van der Waals surface area contributed by atoms with E-state index in [0.717, 1.165) is 6.54 Å². The third-order valence-electron chi connectivity index (χ3n) is 7.18. The Kier molecular flexibility index (Phi) is 7.63. The Labute approximate surface area is 236 Å². The molecule has 3 aromatic rings. The van der Waals surface area contributed by atoms with Gasteiger partial charge in [0.15, 0.2) is 11.6 Å². The summed E-state index contributed by atoms with van der Waals surface area (Å²) in [7, 11) is 0. The van der Waals surface area contributed by atoms with Crippen molar-refractivity contribution in [1.82, 2.24) is 15.3 Å². The van der Waals surface area contributed by atoms with Crippen LogP contribution in [0.2, 0.25) is 10.0 Å². The van der Waals surface area contributed by atoms with Gasteiger partial charge in [0.25, 0.3) is 0 Å². The van der Waals surface area contributed by atoms with Crippen LogP contribution in [-0.2, 0) is 0 Å². The summed E-state index contributed by atoms with van der Waals surface area (Å²) in [5.41, 5.74) is 7.44. The number of anilines is 2. The highest BCUT2D eigenvalue weighted by atomic mass is 35.5. The molecule has 8 nitrogen and oxygen atoms in total. The number of nitrogens with two attached hydrogens (primary N) is 1. The van der Waals surface area contributed by atoms with Crippen molar-refractivity contribution in [3.63, 3.8) is 0 Å². The van der Waals surface area contributed by atoms with Crippen molar-refractivity contribution in [2.45, 2.75) is 37.8 Å². The Hall–Kier alpha value is -3.45. The Morgan fingerprint density at radius 2 is 2.00 bits per heavy atom. The van der Waals surface area contributed by atoms with Gasteiger partial charge >= 0.3 is 0 Å². The van der Waals surface area contributed by atoms with Crippen molar-refractivity contribution >= 4 is 40.4 Å². The second-order valence-corrected chi connectivity index (χ2v) is 11.0. The van der Waals surface area contributed by atoms with E-state index < -0.39 is 11.9 Å². The molecule has 0 amide bonds. The van der Waals surface area contributed by atoms with Gasteiger partial charge in [-0.1, -0.05) is 23.2 Å². The van der Waals surface area contributed by atoms with Crippen molar-refractivity contribution in [2.24, 2.45) is 5.92 Å². The van der Waals surface area contributed by atoms with Gasteiger partial charge in [-0.3, -0.25) is 10.4 Å². The van der Waals surface area contributed by atoms with E-state index in [4.69, 9.17) is 39.1 Å². The molecule has 1 aliphatic carbocycles. The summed E-state index contributed by atoms with van der Waals surface area (Å²) < 4.78 is 21.2. The van der Waals surface area contributed by atoms with Crippen LogP contribution >= 0.6 is 23.2 Å². The molecule has 39 heavy (non-hydrogen) atoms. The zero-order valence-electron chi connectivity index (χ0n) is 21.3. The first kappa shape index (κ1) is 27.1. The third-order valence-corrected chi connectivity index (χ3v) is 7.78. The zero-order chi connectivity index (χ0) is 27.7. The molecule has 1 aromatic carbocycles. The number of rotatable bonds is 10. The minimum atomic E-state index is -0.536. The molecule has 2 aromatic heterocycles. The van der Waals surface area contributed by atoms with Crippen molar-refractivity contribution in [2.75, 3.05) is 30.3 Å². The molecule has 0 unspecified atom stereocenters. The third kappa shape index (κ3) is 5.78. The Morgan fingerprint density at radius 3 is 2.64 bits per heavy atom. The molecule has 2 fully saturated rings. The van der Waals surface area contributed by atoms with E-state index in [2.05, 4.69) is 21.4 Å². The fourth-order valence-corrected chi connectivity index (χ4v) is 5.48. The highest BCUT2D eigenvalue weighted by Crippen LogP contribution is 2.35.